The van der Waals surface area contributed by atoms with Crippen molar-refractivity contribution in [1.82, 2.24) is 9.38 Å². The van der Waals surface area contributed by atoms with Crippen LogP contribution >= 0.6 is 0 Å². The fourth-order valence-electron chi connectivity index (χ4n) is 2.83. The van der Waals surface area contributed by atoms with Gasteiger partial charge in [0.2, 0.25) is 0 Å². The molecule has 0 aliphatic carbocycles. The molecular formula is C18H11N3O. The number of aromatic nitrogens is 2. The molecule has 0 aliphatic rings. The largest absolute Gasteiger partial charge is 0.338 e. The fourth-order valence-corrected chi connectivity index (χ4v) is 2.83. The topological polar surface area (TPSA) is 61.1 Å². The third kappa shape index (κ3) is 1.66. The molecule has 2 aromatic heterocycles. The number of benzene rings is 2. The number of nitrogens with one attached hydrogen (secondary N) is 1. The normalized spacial score (nSPS) is 10.9. The lowest BCUT2D eigenvalue weighted by atomic mass is 10.0. The molecule has 0 spiro atoms. The van der Waals surface area contributed by atoms with E-state index in [4.69, 9.17) is 0 Å². The lowest BCUT2D eigenvalue weighted by Gasteiger charge is -2.05. The van der Waals surface area contributed by atoms with Gasteiger partial charge in [0.1, 0.15) is 17.3 Å². The molecule has 0 bridgehead atoms. The van der Waals surface area contributed by atoms with Crippen molar-refractivity contribution in [3.05, 3.63) is 76.6 Å². The van der Waals surface area contributed by atoms with E-state index in [1.54, 1.807) is 4.40 Å². The SMILES string of the molecule is N#Cc1c(-c2ccccc2)cc(=O)n2c1[nH]c1ccccc12. The number of nitriles is 1. The van der Waals surface area contributed by atoms with Crippen molar-refractivity contribution in [2.24, 2.45) is 0 Å². The van der Waals surface area contributed by atoms with Crippen molar-refractivity contribution in [3.8, 4) is 17.2 Å². The standard InChI is InChI=1S/C18H11N3O/c19-11-14-13(12-6-2-1-3-7-12)10-17(22)21-16-9-5-4-8-15(16)20-18(14)21/h1-10,20H. The molecule has 0 saturated carbocycles. The van der Waals surface area contributed by atoms with E-state index in [0.717, 1.165) is 16.6 Å². The zero-order valence-corrected chi connectivity index (χ0v) is 11.6. The van der Waals surface area contributed by atoms with Crippen LogP contribution in [0.15, 0.2) is 65.5 Å². The maximum absolute atomic E-state index is 12.5. The highest BCUT2D eigenvalue weighted by molar-refractivity contribution is 5.86. The van der Waals surface area contributed by atoms with Gasteiger partial charge in [-0.25, -0.2) is 0 Å². The van der Waals surface area contributed by atoms with Crippen molar-refractivity contribution in [2.45, 2.75) is 0 Å². The van der Waals surface area contributed by atoms with Crippen LogP contribution in [-0.4, -0.2) is 9.38 Å². The Morgan fingerprint density at radius 3 is 2.50 bits per heavy atom. The van der Waals surface area contributed by atoms with E-state index in [1.807, 2.05) is 54.6 Å². The van der Waals surface area contributed by atoms with Gasteiger partial charge < -0.3 is 4.98 Å². The molecule has 0 atom stereocenters. The fraction of sp³-hybridized carbons (Fsp3) is 0. The van der Waals surface area contributed by atoms with Crippen molar-refractivity contribution in [3.63, 3.8) is 0 Å². The Balaban J connectivity index is 2.20. The lowest BCUT2D eigenvalue weighted by molar-refractivity contribution is 1.14. The Hall–Kier alpha value is -3.32. The van der Waals surface area contributed by atoms with Gasteiger partial charge in [0, 0.05) is 11.6 Å². The molecule has 1 N–H and O–H groups in total. The minimum atomic E-state index is -0.148. The summed E-state index contributed by atoms with van der Waals surface area (Å²) in [6.45, 7) is 0. The van der Waals surface area contributed by atoms with Gasteiger partial charge in [0.05, 0.1) is 11.0 Å². The monoisotopic (exact) mass is 285 g/mol. The van der Waals surface area contributed by atoms with E-state index in [0.29, 0.717) is 16.8 Å². The number of fused-ring (bicyclic) bond motifs is 3. The molecule has 0 amide bonds. The molecule has 4 nitrogen and oxygen atoms in total. The summed E-state index contributed by atoms with van der Waals surface area (Å²) in [7, 11) is 0. The predicted octanol–water partition coefficient (Wildman–Crippen LogP) is 3.32. The van der Waals surface area contributed by atoms with Gasteiger partial charge >= 0.3 is 0 Å². The zero-order chi connectivity index (χ0) is 15.1. The Kier molecular flexibility index (Phi) is 2.60. The van der Waals surface area contributed by atoms with Crippen molar-refractivity contribution >= 4 is 16.7 Å². The van der Waals surface area contributed by atoms with Gasteiger partial charge in [-0.05, 0) is 17.7 Å². The molecule has 4 aromatic rings. The quantitative estimate of drug-likeness (QED) is 0.583. The van der Waals surface area contributed by atoms with E-state index < -0.39 is 0 Å². The van der Waals surface area contributed by atoms with Crippen LogP contribution in [0.3, 0.4) is 0 Å². The van der Waals surface area contributed by atoms with Crippen molar-refractivity contribution in [1.29, 1.82) is 5.26 Å². The van der Waals surface area contributed by atoms with E-state index >= 15 is 0 Å². The summed E-state index contributed by atoms with van der Waals surface area (Å²) >= 11 is 0. The average Bonchev–Trinajstić information content (AvgIpc) is 2.95. The molecule has 0 saturated heterocycles. The number of rotatable bonds is 1. The summed E-state index contributed by atoms with van der Waals surface area (Å²) in [5.74, 6) is 0. The zero-order valence-electron chi connectivity index (χ0n) is 11.6. The number of pyridine rings is 1. The van der Waals surface area contributed by atoms with Crippen LogP contribution < -0.4 is 5.56 Å². The first-order chi connectivity index (χ1) is 10.8. The van der Waals surface area contributed by atoms with Crippen LogP contribution in [0.5, 0.6) is 0 Å². The summed E-state index contributed by atoms with van der Waals surface area (Å²) in [6.07, 6.45) is 0. The highest BCUT2D eigenvalue weighted by Gasteiger charge is 2.15. The summed E-state index contributed by atoms with van der Waals surface area (Å²) in [4.78, 5) is 15.7. The van der Waals surface area contributed by atoms with E-state index in [9.17, 15) is 10.1 Å². The second-order valence-electron chi connectivity index (χ2n) is 5.08. The molecule has 4 heteroatoms. The number of imidazole rings is 1. The minimum absolute atomic E-state index is 0.148. The minimum Gasteiger partial charge on any atom is -0.338 e. The van der Waals surface area contributed by atoms with Crippen molar-refractivity contribution in [2.75, 3.05) is 0 Å². The highest BCUT2D eigenvalue weighted by atomic mass is 16.1. The number of nitrogens with zero attached hydrogens (tertiary/aromatic N) is 2. The molecular weight excluding hydrogens is 274 g/mol. The first kappa shape index (κ1) is 12.4. The van der Waals surface area contributed by atoms with Gasteiger partial charge in [-0.15, -0.1) is 0 Å². The van der Waals surface area contributed by atoms with Crippen LogP contribution in [-0.2, 0) is 0 Å². The molecule has 22 heavy (non-hydrogen) atoms. The van der Waals surface area contributed by atoms with Gasteiger partial charge in [-0.1, -0.05) is 42.5 Å². The summed E-state index contributed by atoms with van der Waals surface area (Å²) < 4.78 is 1.56. The van der Waals surface area contributed by atoms with Crippen LogP contribution in [0.25, 0.3) is 27.8 Å². The second-order valence-corrected chi connectivity index (χ2v) is 5.08. The summed E-state index contributed by atoms with van der Waals surface area (Å²) in [5, 5.41) is 9.61. The van der Waals surface area contributed by atoms with E-state index in [-0.39, 0.29) is 5.56 Å². The molecule has 0 fully saturated rings. The number of para-hydroxylation sites is 2. The number of hydrogen-bond acceptors (Lipinski definition) is 2. The molecule has 0 aliphatic heterocycles. The second kappa shape index (κ2) is 4.61. The molecule has 2 aromatic carbocycles. The molecule has 2 heterocycles. The summed E-state index contributed by atoms with van der Waals surface area (Å²) in [6, 6.07) is 20.8. The summed E-state index contributed by atoms with van der Waals surface area (Å²) in [5.41, 5.74) is 3.99. The van der Waals surface area contributed by atoms with Gasteiger partial charge in [0.25, 0.3) is 5.56 Å². The van der Waals surface area contributed by atoms with Gasteiger partial charge in [0.15, 0.2) is 0 Å². The highest BCUT2D eigenvalue weighted by Crippen LogP contribution is 2.26. The smallest absolute Gasteiger partial charge is 0.257 e. The Bertz CT molecular complexity index is 1100. The Morgan fingerprint density at radius 1 is 1.00 bits per heavy atom. The Morgan fingerprint density at radius 2 is 1.73 bits per heavy atom. The maximum atomic E-state index is 12.5. The van der Waals surface area contributed by atoms with Gasteiger partial charge in [-0.3, -0.25) is 9.20 Å². The maximum Gasteiger partial charge on any atom is 0.257 e. The van der Waals surface area contributed by atoms with Crippen LogP contribution in [0.2, 0.25) is 0 Å². The number of hydrogen-bond donors (Lipinski definition) is 1. The van der Waals surface area contributed by atoms with Crippen LogP contribution in [0.4, 0.5) is 0 Å². The lowest BCUT2D eigenvalue weighted by Crippen LogP contribution is -2.13. The molecule has 0 radical (unpaired) electrons. The number of H-pyrrole nitrogens is 1. The van der Waals surface area contributed by atoms with Crippen LogP contribution in [0, 0.1) is 11.3 Å². The first-order valence-electron chi connectivity index (χ1n) is 6.91. The number of aromatic amines is 1. The third-order valence-corrected chi connectivity index (χ3v) is 3.81. The predicted molar refractivity (Wildman–Crippen MR) is 85.7 cm³/mol. The average molecular weight is 285 g/mol. The molecule has 0 unspecified atom stereocenters. The van der Waals surface area contributed by atoms with Crippen molar-refractivity contribution < 1.29 is 0 Å². The molecule has 104 valence electrons. The molecule has 4 rings (SSSR count). The van der Waals surface area contributed by atoms with Gasteiger partial charge in [-0.2, -0.15) is 5.26 Å². The first-order valence-corrected chi connectivity index (χ1v) is 6.91. The van der Waals surface area contributed by atoms with E-state index in [1.165, 1.54) is 6.07 Å². The Labute approximate surface area is 125 Å². The third-order valence-electron chi connectivity index (χ3n) is 3.81. The van der Waals surface area contributed by atoms with E-state index in [2.05, 4.69) is 11.1 Å². The van der Waals surface area contributed by atoms with Crippen LogP contribution in [0.1, 0.15) is 5.56 Å².